The van der Waals surface area contributed by atoms with E-state index in [0.717, 1.165) is 6.42 Å². The number of amides is 1. The summed E-state index contributed by atoms with van der Waals surface area (Å²) in [5, 5.41) is 21.4. The van der Waals surface area contributed by atoms with Crippen molar-refractivity contribution in [2.45, 2.75) is 31.8 Å². The highest BCUT2D eigenvalue weighted by Gasteiger charge is 2.18. The van der Waals surface area contributed by atoms with E-state index in [0.29, 0.717) is 12.2 Å². The van der Waals surface area contributed by atoms with Crippen LogP contribution in [-0.2, 0) is 16.0 Å². The number of methoxy groups -OCH3 is 1. The van der Waals surface area contributed by atoms with Crippen LogP contribution in [0.25, 0.3) is 0 Å². The van der Waals surface area contributed by atoms with Crippen molar-refractivity contribution in [3.63, 3.8) is 0 Å². The van der Waals surface area contributed by atoms with Gasteiger partial charge >= 0.3 is 0 Å². The Kier molecular flexibility index (Phi) is 6.27. The van der Waals surface area contributed by atoms with Crippen molar-refractivity contribution in [1.29, 1.82) is 0 Å². The molecule has 0 saturated carbocycles. The van der Waals surface area contributed by atoms with Crippen LogP contribution in [-0.4, -0.2) is 41.9 Å². The molecule has 1 aromatic rings. The number of hydrogen-bond donors (Lipinski definition) is 4. The van der Waals surface area contributed by atoms with Crippen molar-refractivity contribution >= 4 is 5.91 Å². The zero-order valence-corrected chi connectivity index (χ0v) is 11.8. The van der Waals surface area contributed by atoms with Crippen LogP contribution in [0, 0.1) is 0 Å². The van der Waals surface area contributed by atoms with Gasteiger partial charge in [-0.3, -0.25) is 4.79 Å². The average Bonchev–Trinajstić information content (AvgIpc) is 2.42. The van der Waals surface area contributed by atoms with Gasteiger partial charge in [-0.1, -0.05) is 13.0 Å². The Balaban J connectivity index is 2.58. The van der Waals surface area contributed by atoms with Crippen LogP contribution >= 0.6 is 0 Å². The van der Waals surface area contributed by atoms with E-state index < -0.39 is 6.04 Å². The highest BCUT2D eigenvalue weighted by atomic mass is 16.5. The number of phenols is 2. The van der Waals surface area contributed by atoms with E-state index in [1.807, 2.05) is 6.92 Å². The first-order chi connectivity index (χ1) is 9.47. The summed E-state index contributed by atoms with van der Waals surface area (Å²) in [5.41, 5.74) is 6.52. The molecule has 2 atom stereocenters. The second-order valence-electron chi connectivity index (χ2n) is 4.70. The predicted molar refractivity (Wildman–Crippen MR) is 75.5 cm³/mol. The minimum Gasteiger partial charge on any atom is -0.504 e. The lowest BCUT2D eigenvalue weighted by Gasteiger charge is -2.19. The molecule has 0 radical (unpaired) electrons. The normalized spacial score (nSPS) is 13.8. The predicted octanol–water partition coefficient (Wildman–Crippen LogP) is 0.509. The molecule has 0 aromatic heterocycles. The molecule has 0 spiro atoms. The number of carbonyl (C=O) groups is 1. The number of rotatable bonds is 7. The Morgan fingerprint density at radius 2 is 2.10 bits per heavy atom. The molecule has 1 rings (SSSR count). The smallest absolute Gasteiger partial charge is 0.237 e. The average molecular weight is 282 g/mol. The molecule has 0 aliphatic rings. The van der Waals surface area contributed by atoms with Gasteiger partial charge in [-0.15, -0.1) is 0 Å². The second kappa shape index (κ2) is 7.72. The number of nitrogens with two attached hydrogens (primary N) is 1. The number of ether oxygens (including phenoxy) is 1. The van der Waals surface area contributed by atoms with Crippen molar-refractivity contribution in [3.8, 4) is 11.5 Å². The maximum Gasteiger partial charge on any atom is 0.237 e. The Morgan fingerprint density at radius 3 is 2.65 bits per heavy atom. The molecule has 5 N–H and O–H groups in total. The van der Waals surface area contributed by atoms with Crippen LogP contribution in [0.3, 0.4) is 0 Å². The molecular formula is C14H22N2O4. The van der Waals surface area contributed by atoms with Gasteiger partial charge in [0.05, 0.1) is 18.7 Å². The number of aromatic hydroxyl groups is 2. The molecule has 0 fully saturated rings. The minimum absolute atomic E-state index is 0.0632. The maximum atomic E-state index is 11.9. The van der Waals surface area contributed by atoms with Crippen LogP contribution in [0.2, 0.25) is 0 Å². The molecule has 1 amide bonds. The van der Waals surface area contributed by atoms with Gasteiger partial charge in [0.25, 0.3) is 0 Å². The van der Waals surface area contributed by atoms with E-state index in [1.54, 1.807) is 13.2 Å². The lowest BCUT2D eigenvalue weighted by atomic mass is 10.0. The molecule has 0 aliphatic heterocycles. The Bertz CT molecular complexity index is 451. The number of phenolic OH excluding ortho intramolecular Hbond substituents is 2. The summed E-state index contributed by atoms with van der Waals surface area (Å²) in [6.45, 7) is 2.39. The molecule has 112 valence electrons. The van der Waals surface area contributed by atoms with Gasteiger partial charge in [-0.2, -0.15) is 0 Å². The zero-order chi connectivity index (χ0) is 15.1. The van der Waals surface area contributed by atoms with Crippen molar-refractivity contribution in [2.75, 3.05) is 13.7 Å². The van der Waals surface area contributed by atoms with Crippen molar-refractivity contribution < 1.29 is 19.7 Å². The fraction of sp³-hybridized carbons (Fsp3) is 0.500. The van der Waals surface area contributed by atoms with E-state index in [4.69, 9.17) is 10.5 Å². The van der Waals surface area contributed by atoms with Crippen molar-refractivity contribution in [3.05, 3.63) is 23.8 Å². The summed E-state index contributed by atoms with van der Waals surface area (Å²) in [6.07, 6.45) is 1.04. The molecular weight excluding hydrogens is 260 g/mol. The van der Waals surface area contributed by atoms with E-state index in [-0.39, 0.29) is 29.9 Å². The highest BCUT2D eigenvalue weighted by Crippen LogP contribution is 2.25. The third kappa shape index (κ3) is 4.71. The molecule has 0 aliphatic carbocycles. The summed E-state index contributed by atoms with van der Waals surface area (Å²) >= 11 is 0. The Labute approximate surface area is 118 Å². The van der Waals surface area contributed by atoms with Crippen LogP contribution < -0.4 is 11.1 Å². The summed E-state index contributed by atoms with van der Waals surface area (Å²) in [7, 11) is 1.58. The van der Waals surface area contributed by atoms with Crippen LogP contribution in [0.15, 0.2) is 18.2 Å². The molecule has 6 heteroatoms. The lowest BCUT2D eigenvalue weighted by molar-refractivity contribution is -0.123. The van der Waals surface area contributed by atoms with E-state index in [1.165, 1.54) is 12.1 Å². The first kappa shape index (κ1) is 16.3. The van der Waals surface area contributed by atoms with E-state index in [9.17, 15) is 15.0 Å². The molecule has 0 saturated heterocycles. The van der Waals surface area contributed by atoms with Crippen molar-refractivity contribution in [1.82, 2.24) is 5.32 Å². The number of hydrogen-bond acceptors (Lipinski definition) is 5. The summed E-state index contributed by atoms with van der Waals surface area (Å²) in [6, 6.07) is 3.61. The Morgan fingerprint density at radius 1 is 1.40 bits per heavy atom. The molecule has 0 bridgehead atoms. The van der Waals surface area contributed by atoms with Gasteiger partial charge in [-0.25, -0.2) is 0 Å². The van der Waals surface area contributed by atoms with Gasteiger partial charge in [0.1, 0.15) is 0 Å². The zero-order valence-electron chi connectivity index (χ0n) is 11.8. The number of carbonyl (C=O) groups excluding carboxylic acids is 1. The largest absolute Gasteiger partial charge is 0.504 e. The van der Waals surface area contributed by atoms with Gasteiger partial charge < -0.3 is 26.0 Å². The highest BCUT2D eigenvalue weighted by molar-refractivity contribution is 5.82. The lowest BCUT2D eigenvalue weighted by Crippen LogP contribution is -2.47. The topological polar surface area (TPSA) is 105 Å². The standard InChI is InChI=1S/C14H22N2O4/c1-3-10(8-20-2)16-14(19)11(15)6-9-4-5-12(17)13(18)7-9/h4-5,7,10-11,17-18H,3,6,8,15H2,1-2H3,(H,16,19)/t10?,11-/m0/s1. The quantitative estimate of drug-likeness (QED) is 0.545. The fourth-order valence-corrected chi connectivity index (χ4v) is 1.81. The molecule has 6 nitrogen and oxygen atoms in total. The maximum absolute atomic E-state index is 11.9. The van der Waals surface area contributed by atoms with Crippen LogP contribution in [0.5, 0.6) is 11.5 Å². The van der Waals surface area contributed by atoms with E-state index >= 15 is 0 Å². The molecule has 0 heterocycles. The van der Waals surface area contributed by atoms with E-state index in [2.05, 4.69) is 5.32 Å². The third-order valence-corrected chi connectivity index (χ3v) is 3.04. The van der Waals surface area contributed by atoms with Gasteiger partial charge in [0, 0.05) is 7.11 Å². The Hall–Kier alpha value is -1.79. The SMILES string of the molecule is CCC(COC)NC(=O)[C@@H](N)Cc1ccc(O)c(O)c1. The second-order valence-corrected chi connectivity index (χ2v) is 4.70. The van der Waals surface area contributed by atoms with Crippen LogP contribution in [0.1, 0.15) is 18.9 Å². The fourth-order valence-electron chi connectivity index (χ4n) is 1.81. The molecule has 20 heavy (non-hydrogen) atoms. The van der Waals surface area contributed by atoms with Gasteiger partial charge in [0.2, 0.25) is 5.91 Å². The van der Waals surface area contributed by atoms with Gasteiger partial charge in [0.15, 0.2) is 11.5 Å². The minimum atomic E-state index is -0.718. The first-order valence-electron chi connectivity index (χ1n) is 6.53. The van der Waals surface area contributed by atoms with Crippen molar-refractivity contribution in [2.24, 2.45) is 5.73 Å². The number of nitrogens with one attached hydrogen (secondary N) is 1. The van der Waals surface area contributed by atoms with Crippen LogP contribution in [0.4, 0.5) is 0 Å². The van der Waals surface area contributed by atoms with Gasteiger partial charge in [-0.05, 0) is 30.5 Å². The number of benzene rings is 1. The first-order valence-corrected chi connectivity index (χ1v) is 6.53. The third-order valence-electron chi connectivity index (χ3n) is 3.04. The molecule has 1 aromatic carbocycles. The summed E-state index contributed by atoms with van der Waals surface area (Å²) in [4.78, 5) is 11.9. The summed E-state index contributed by atoms with van der Waals surface area (Å²) in [5.74, 6) is -0.680. The monoisotopic (exact) mass is 282 g/mol. The molecule has 1 unspecified atom stereocenters. The summed E-state index contributed by atoms with van der Waals surface area (Å²) < 4.78 is 5.01.